The monoisotopic (exact) mass is 372 g/mol. The summed E-state index contributed by atoms with van der Waals surface area (Å²) in [6.45, 7) is 9.53. The van der Waals surface area contributed by atoms with Gasteiger partial charge in [-0.3, -0.25) is 4.90 Å². The van der Waals surface area contributed by atoms with Crippen molar-refractivity contribution in [2.45, 2.75) is 38.1 Å². The normalized spacial score (nSPS) is 16.9. The van der Waals surface area contributed by atoms with Crippen molar-refractivity contribution in [1.82, 2.24) is 9.21 Å². The Balaban J connectivity index is 1.71. The van der Waals surface area contributed by atoms with Gasteiger partial charge < -0.3 is 0 Å². The molecular weight excluding hydrogens is 344 g/mol. The minimum atomic E-state index is -3.44. The Morgan fingerprint density at radius 2 is 1.62 bits per heavy atom. The zero-order chi connectivity index (χ0) is 18.7. The number of rotatable bonds is 5. The Bertz CT molecular complexity index is 840. The zero-order valence-corrected chi connectivity index (χ0v) is 16.7. The fourth-order valence-electron chi connectivity index (χ4n) is 3.36. The van der Waals surface area contributed by atoms with Crippen LogP contribution in [0.5, 0.6) is 0 Å². The van der Waals surface area contributed by atoms with E-state index in [1.165, 1.54) is 5.56 Å². The topological polar surface area (TPSA) is 40.6 Å². The van der Waals surface area contributed by atoms with Gasteiger partial charge in [0.25, 0.3) is 0 Å². The number of benzene rings is 2. The molecule has 2 aromatic rings. The molecule has 3 rings (SSSR count). The summed E-state index contributed by atoms with van der Waals surface area (Å²) in [6, 6.07) is 16.1. The lowest BCUT2D eigenvalue weighted by Crippen LogP contribution is -2.48. The Morgan fingerprint density at radius 1 is 0.962 bits per heavy atom. The highest BCUT2D eigenvalue weighted by Gasteiger charge is 2.29. The van der Waals surface area contributed by atoms with Crippen LogP contribution < -0.4 is 0 Å². The summed E-state index contributed by atoms with van der Waals surface area (Å²) in [6.07, 6.45) is 0. The predicted octanol–water partition coefficient (Wildman–Crippen LogP) is 3.62. The maximum Gasteiger partial charge on any atom is 0.243 e. The molecule has 2 aromatic carbocycles. The van der Waals surface area contributed by atoms with Crippen LogP contribution in [0.4, 0.5) is 0 Å². The molecule has 1 heterocycles. The van der Waals surface area contributed by atoms with Crippen LogP contribution in [0.1, 0.15) is 36.5 Å². The number of sulfonamides is 1. The van der Waals surface area contributed by atoms with Gasteiger partial charge in [0.15, 0.2) is 0 Å². The quantitative estimate of drug-likeness (QED) is 0.805. The highest BCUT2D eigenvalue weighted by molar-refractivity contribution is 7.89. The molecule has 1 saturated heterocycles. The lowest BCUT2D eigenvalue weighted by Gasteiger charge is -2.34. The second-order valence-electron chi connectivity index (χ2n) is 7.35. The first kappa shape index (κ1) is 19.1. The van der Waals surface area contributed by atoms with E-state index < -0.39 is 10.0 Å². The molecule has 26 heavy (non-hydrogen) atoms. The molecule has 0 amide bonds. The third-order valence-corrected chi connectivity index (χ3v) is 7.12. The van der Waals surface area contributed by atoms with Crippen molar-refractivity contribution in [3.8, 4) is 0 Å². The molecule has 140 valence electrons. The number of nitrogens with zero attached hydrogens (tertiary/aromatic N) is 2. The molecule has 0 aliphatic carbocycles. The van der Waals surface area contributed by atoms with E-state index in [1.807, 2.05) is 43.3 Å². The number of hydrogen-bond acceptors (Lipinski definition) is 3. The SMILES string of the molecule is Cc1ccc(C(C)C)cc1S(=O)(=O)N1CCN(Cc2ccccc2)CC1. The van der Waals surface area contributed by atoms with E-state index in [4.69, 9.17) is 0 Å². The van der Waals surface area contributed by atoms with Gasteiger partial charge >= 0.3 is 0 Å². The number of piperazine rings is 1. The molecule has 0 saturated carbocycles. The fourth-order valence-corrected chi connectivity index (χ4v) is 5.04. The van der Waals surface area contributed by atoms with Crippen molar-refractivity contribution in [2.75, 3.05) is 26.2 Å². The van der Waals surface area contributed by atoms with E-state index in [0.29, 0.717) is 23.9 Å². The zero-order valence-electron chi connectivity index (χ0n) is 15.9. The molecule has 5 heteroatoms. The minimum absolute atomic E-state index is 0.312. The van der Waals surface area contributed by atoms with Gasteiger partial charge in [0.2, 0.25) is 10.0 Å². The molecular formula is C21H28N2O2S. The van der Waals surface area contributed by atoms with Crippen molar-refractivity contribution < 1.29 is 8.42 Å². The van der Waals surface area contributed by atoms with E-state index in [9.17, 15) is 8.42 Å². The second kappa shape index (κ2) is 7.91. The van der Waals surface area contributed by atoms with E-state index >= 15 is 0 Å². The van der Waals surface area contributed by atoms with Gasteiger partial charge in [0.05, 0.1) is 4.90 Å². The molecule has 4 nitrogen and oxygen atoms in total. The van der Waals surface area contributed by atoms with E-state index in [2.05, 4.69) is 30.9 Å². The van der Waals surface area contributed by atoms with Gasteiger partial charge in [-0.2, -0.15) is 4.31 Å². The second-order valence-corrected chi connectivity index (χ2v) is 9.25. The largest absolute Gasteiger partial charge is 0.296 e. The maximum atomic E-state index is 13.2. The molecule has 0 spiro atoms. The Hall–Kier alpha value is -1.69. The van der Waals surface area contributed by atoms with Gasteiger partial charge in [0.1, 0.15) is 0 Å². The summed E-state index contributed by atoms with van der Waals surface area (Å²) >= 11 is 0. The minimum Gasteiger partial charge on any atom is -0.296 e. The molecule has 0 atom stereocenters. The summed E-state index contributed by atoms with van der Waals surface area (Å²) in [5.74, 6) is 0.312. The summed E-state index contributed by atoms with van der Waals surface area (Å²) in [5, 5.41) is 0. The lowest BCUT2D eigenvalue weighted by atomic mass is 10.0. The first-order valence-corrected chi connectivity index (χ1v) is 10.7. The van der Waals surface area contributed by atoms with Crippen molar-refractivity contribution in [2.24, 2.45) is 0 Å². The molecule has 0 bridgehead atoms. The average Bonchev–Trinajstić information content (AvgIpc) is 2.63. The summed E-state index contributed by atoms with van der Waals surface area (Å²) in [7, 11) is -3.44. The van der Waals surface area contributed by atoms with Gasteiger partial charge in [-0.1, -0.05) is 56.3 Å². The Kier molecular flexibility index (Phi) is 5.80. The molecule has 0 unspecified atom stereocenters. The van der Waals surface area contributed by atoms with Crippen LogP contribution >= 0.6 is 0 Å². The predicted molar refractivity (Wildman–Crippen MR) is 106 cm³/mol. The van der Waals surface area contributed by atoms with Crippen LogP contribution in [0, 0.1) is 6.92 Å². The van der Waals surface area contributed by atoms with Crippen LogP contribution in [0.25, 0.3) is 0 Å². The van der Waals surface area contributed by atoms with Gasteiger partial charge in [-0.05, 0) is 35.6 Å². The van der Waals surface area contributed by atoms with Crippen molar-refractivity contribution in [1.29, 1.82) is 0 Å². The first-order valence-electron chi connectivity index (χ1n) is 9.25. The average molecular weight is 373 g/mol. The third kappa shape index (κ3) is 4.17. The highest BCUT2D eigenvalue weighted by Crippen LogP contribution is 2.25. The highest BCUT2D eigenvalue weighted by atomic mass is 32.2. The molecule has 0 radical (unpaired) electrons. The van der Waals surface area contributed by atoms with Gasteiger partial charge in [-0.25, -0.2) is 8.42 Å². The molecule has 1 fully saturated rings. The van der Waals surface area contributed by atoms with Crippen LogP contribution in [-0.4, -0.2) is 43.8 Å². The maximum absolute atomic E-state index is 13.2. The van der Waals surface area contributed by atoms with E-state index in [-0.39, 0.29) is 0 Å². The standard InChI is InChI=1S/C21H28N2O2S/c1-17(2)20-10-9-18(3)21(15-20)26(24,25)23-13-11-22(12-14-23)16-19-7-5-4-6-8-19/h4-10,15,17H,11-14,16H2,1-3H3. The molecule has 1 aliphatic heterocycles. The van der Waals surface area contributed by atoms with Crippen LogP contribution in [0.2, 0.25) is 0 Å². The third-order valence-electron chi connectivity index (χ3n) is 5.08. The summed E-state index contributed by atoms with van der Waals surface area (Å²) < 4.78 is 28.0. The van der Waals surface area contributed by atoms with E-state index in [0.717, 1.165) is 30.8 Å². The van der Waals surface area contributed by atoms with Crippen molar-refractivity contribution in [3.05, 3.63) is 65.2 Å². The van der Waals surface area contributed by atoms with Crippen molar-refractivity contribution in [3.63, 3.8) is 0 Å². The lowest BCUT2D eigenvalue weighted by molar-refractivity contribution is 0.181. The van der Waals surface area contributed by atoms with Crippen LogP contribution in [0.3, 0.4) is 0 Å². The number of hydrogen-bond donors (Lipinski definition) is 0. The van der Waals surface area contributed by atoms with Crippen molar-refractivity contribution >= 4 is 10.0 Å². The van der Waals surface area contributed by atoms with Crippen LogP contribution in [0.15, 0.2) is 53.4 Å². The first-order chi connectivity index (χ1) is 12.4. The van der Waals surface area contributed by atoms with E-state index in [1.54, 1.807) is 4.31 Å². The fraction of sp³-hybridized carbons (Fsp3) is 0.429. The molecule has 0 N–H and O–H groups in total. The summed E-state index contributed by atoms with van der Waals surface area (Å²) in [5.41, 5.74) is 3.15. The smallest absolute Gasteiger partial charge is 0.243 e. The van der Waals surface area contributed by atoms with Crippen LogP contribution in [-0.2, 0) is 16.6 Å². The molecule has 0 aromatic heterocycles. The Labute approximate surface area is 157 Å². The summed E-state index contributed by atoms with van der Waals surface area (Å²) in [4.78, 5) is 2.78. The van der Waals surface area contributed by atoms with Gasteiger partial charge in [-0.15, -0.1) is 0 Å². The van der Waals surface area contributed by atoms with Gasteiger partial charge in [0, 0.05) is 32.7 Å². The molecule has 1 aliphatic rings. The number of aryl methyl sites for hydroxylation is 1. The Morgan fingerprint density at radius 3 is 2.23 bits per heavy atom.